The third-order valence-corrected chi connectivity index (χ3v) is 2.52. The summed E-state index contributed by atoms with van der Waals surface area (Å²) in [5.74, 6) is -0.345. The number of carbonyl (C=O) groups is 2. The molecule has 0 saturated heterocycles. The summed E-state index contributed by atoms with van der Waals surface area (Å²) >= 11 is 0. The Morgan fingerprint density at radius 3 is 2.53 bits per heavy atom. The highest BCUT2D eigenvalue weighted by Gasteiger charge is 2.06. The molecule has 0 bridgehead atoms. The van der Waals surface area contributed by atoms with Gasteiger partial charge in [0.2, 0.25) is 5.91 Å². The van der Waals surface area contributed by atoms with Crippen molar-refractivity contribution in [3.8, 4) is 0 Å². The Hall–Kier alpha value is -2.36. The molecule has 0 atom stereocenters. The van der Waals surface area contributed by atoms with Crippen LogP contribution < -0.4 is 10.6 Å². The first-order valence-electron chi connectivity index (χ1n) is 6.01. The van der Waals surface area contributed by atoms with Crippen molar-refractivity contribution in [2.45, 2.75) is 13.8 Å². The number of hydrogen-bond donors (Lipinski definition) is 2. The molecule has 2 amide bonds. The van der Waals surface area contributed by atoms with Crippen molar-refractivity contribution in [2.24, 2.45) is 0 Å². The molecule has 0 heterocycles. The van der Waals surface area contributed by atoms with E-state index in [-0.39, 0.29) is 11.8 Å². The van der Waals surface area contributed by atoms with Crippen LogP contribution in [0.3, 0.4) is 0 Å². The predicted molar refractivity (Wildman–Crippen MR) is 77.2 cm³/mol. The Morgan fingerprint density at radius 1 is 1.21 bits per heavy atom. The van der Waals surface area contributed by atoms with Gasteiger partial charge in [-0.25, -0.2) is 0 Å². The fourth-order valence-corrected chi connectivity index (χ4v) is 1.52. The number of allylic oxidation sites excluding steroid dienone is 3. The fraction of sp³-hybridized carbons (Fsp3) is 0.200. The minimum absolute atomic E-state index is 0.144. The predicted octanol–water partition coefficient (Wildman–Crippen LogP) is 2.43. The maximum absolute atomic E-state index is 11.6. The molecule has 0 unspecified atom stereocenters. The highest BCUT2D eigenvalue weighted by Crippen LogP contribution is 2.16. The fourth-order valence-electron chi connectivity index (χ4n) is 1.52. The van der Waals surface area contributed by atoms with Gasteiger partial charge >= 0.3 is 0 Å². The van der Waals surface area contributed by atoms with Crippen molar-refractivity contribution >= 4 is 17.5 Å². The number of benzene rings is 1. The quantitative estimate of drug-likeness (QED) is 0.643. The minimum Gasteiger partial charge on any atom is -0.355 e. The van der Waals surface area contributed by atoms with E-state index >= 15 is 0 Å². The summed E-state index contributed by atoms with van der Waals surface area (Å²) in [7, 11) is 1.58. The summed E-state index contributed by atoms with van der Waals surface area (Å²) < 4.78 is 0. The number of hydrogen-bond acceptors (Lipinski definition) is 2. The molecular formula is C15H18N2O2. The van der Waals surface area contributed by atoms with Crippen LogP contribution in [0.15, 0.2) is 42.5 Å². The zero-order valence-corrected chi connectivity index (χ0v) is 11.4. The van der Waals surface area contributed by atoms with E-state index in [0.717, 1.165) is 5.56 Å². The molecule has 19 heavy (non-hydrogen) atoms. The monoisotopic (exact) mass is 258 g/mol. The van der Waals surface area contributed by atoms with Gasteiger partial charge in [0.05, 0.1) is 0 Å². The average molecular weight is 258 g/mol. The van der Waals surface area contributed by atoms with Gasteiger partial charge in [-0.05, 0) is 37.6 Å². The second-order valence-corrected chi connectivity index (χ2v) is 3.98. The molecule has 1 aromatic carbocycles. The number of rotatable bonds is 4. The molecule has 0 aliphatic rings. The molecular weight excluding hydrogens is 240 g/mol. The maximum atomic E-state index is 11.6. The van der Waals surface area contributed by atoms with Gasteiger partial charge in [-0.15, -0.1) is 0 Å². The molecule has 0 radical (unpaired) electrons. The largest absolute Gasteiger partial charge is 0.355 e. The normalized spacial score (nSPS) is 10.9. The summed E-state index contributed by atoms with van der Waals surface area (Å²) in [5.41, 5.74) is 2.11. The summed E-state index contributed by atoms with van der Waals surface area (Å²) in [6.07, 6.45) is 6.74. The zero-order valence-electron chi connectivity index (χ0n) is 11.4. The standard InChI is InChI=1S/C15H18N2O2/c1-4-5-6-7-14(18)17-13-9-8-12(10-11(13)2)15(19)16-3/h4-10H,1-3H3,(H,16,19)(H,17,18)/b5-4+,7-6+. The van der Waals surface area contributed by atoms with Gasteiger partial charge in [0.15, 0.2) is 0 Å². The molecule has 4 heteroatoms. The van der Waals surface area contributed by atoms with E-state index in [1.54, 1.807) is 37.4 Å². The maximum Gasteiger partial charge on any atom is 0.251 e. The first kappa shape index (κ1) is 14.7. The van der Waals surface area contributed by atoms with Crippen molar-refractivity contribution in [3.63, 3.8) is 0 Å². The third kappa shape index (κ3) is 4.43. The zero-order chi connectivity index (χ0) is 14.3. The number of amides is 2. The van der Waals surface area contributed by atoms with E-state index in [0.29, 0.717) is 11.3 Å². The van der Waals surface area contributed by atoms with Crippen molar-refractivity contribution in [3.05, 3.63) is 53.6 Å². The number of nitrogens with one attached hydrogen (secondary N) is 2. The lowest BCUT2D eigenvalue weighted by molar-refractivity contribution is -0.111. The summed E-state index contributed by atoms with van der Waals surface area (Å²) in [4.78, 5) is 23.1. The average Bonchev–Trinajstić information content (AvgIpc) is 2.40. The Morgan fingerprint density at radius 2 is 1.95 bits per heavy atom. The Labute approximate surface area is 113 Å². The molecule has 4 nitrogen and oxygen atoms in total. The van der Waals surface area contributed by atoms with Crippen LogP contribution in [0.5, 0.6) is 0 Å². The van der Waals surface area contributed by atoms with Gasteiger partial charge in [-0.3, -0.25) is 9.59 Å². The second-order valence-electron chi connectivity index (χ2n) is 3.98. The first-order chi connectivity index (χ1) is 9.08. The van der Waals surface area contributed by atoms with Gasteiger partial charge in [-0.1, -0.05) is 18.2 Å². The lowest BCUT2D eigenvalue weighted by Crippen LogP contribution is -2.18. The lowest BCUT2D eigenvalue weighted by Gasteiger charge is -2.08. The van der Waals surface area contributed by atoms with Crippen LogP contribution in [0.4, 0.5) is 5.69 Å². The van der Waals surface area contributed by atoms with Gasteiger partial charge in [-0.2, -0.15) is 0 Å². The molecule has 2 N–H and O–H groups in total. The van der Waals surface area contributed by atoms with Crippen LogP contribution >= 0.6 is 0 Å². The van der Waals surface area contributed by atoms with E-state index in [9.17, 15) is 9.59 Å². The topological polar surface area (TPSA) is 58.2 Å². The summed E-state index contributed by atoms with van der Waals surface area (Å²) in [6.45, 7) is 3.72. The minimum atomic E-state index is -0.200. The van der Waals surface area contributed by atoms with Crippen LogP contribution in [-0.4, -0.2) is 18.9 Å². The summed E-state index contributed by atoms with van der Waals surface area (Å²) in [6, 6.07) is 5.14. The van der Waals surface area contributed by atoms with Crippen LogP contribution in [-0.2, 0) is 4.79 Å². The highest BCUT2D eigenvalue weighted by atomic mass is 16.2. The van der Waals surface area contributed by atoms with Crippen LogP contribution in [0.1, 0.15) is 22.8 Å². The van der Waals surface area contributed by atoms with Gasteiger partial charge in [0.1, 0.15) is 0 Å². The van der Waals surface area contributed by atoms with Gasteiger partial charge in [0.25, 0.3) is 5.91 Å². The molecule has 0 aromatic heterocycles. The van der Waals surface area contributed by atoms with Crippen molar-refractivity contribution in [1.82, 2.24) is 5.32 Å². The molecule has 1 aromatic rings. The van der Waals surface area contributed by atoms with Crippen molar-refractivity contribution in [2.75, 3.05) is 12.4 Å². The smallest absolute Gasteiger partial charge is 0.251 e. The Balaban J connectivity index is 2.80. The lowest BCUT2D eigenvalue weighted by atomic mass is 10.1. The number of carbonyl (C=O) groups excluding carboxylic acids is 2. The van der Waals surface area contributed by atoms with E-state index in [1.165, 1.54) is 6.08 Å². The van der Waals surface area contributed by atoms with Crippen LogP contribution in [0, 0.1) is 6.92 Å². The molecule has 0 saturated carbocycles. The van der Waals surface area contributed by atoms with E-state index in [2.05, 4.69) is 10.6 Å². The van der Waals surface area contributed by atoms with E-state index in [4.69, 9.17) is 0 Å². The van der Waals surface area contributed by atoms with Crippen molar-refractivity contribution in [1.29, 1.82) is 0 Å². The van der Waals surface area contributed by atoms with Crippen molar-refractivity contribution < 1.29 is 9.59 Å². The number of aryl methyl sites for hydroxylation is 1. The van der Waals surface area contributed by atoms with Crippen LogP contribution in [0.25, 0.3) is 0 Å². The first-order valence-corrected chi connectivity index (χ1v) is 6.01. The Kier molecular flexibility index (Phi) is 5.54. The third-order valence-electron chi connectivity index (χ3n) is 2.52. The van der Waals surface area contributed by atoms with Gasteiger partial charge < -0.3 is 10.6 Å². The molecule has 0 aliphatic heterocycles. The molecule has 1 rings (SSSR count). The number of anilines is 1. The molecule has 0 fully saturated rings. The van der Waals surface area contributed by atoms with Gasteiger partial charge in [0, 0.05) is 24.4 Å². The SMILES string of the molecule is C/C=C/C=C/C(=O)Nc1ccc(C(=O)NC)cc1C. The van der Waals surface area contributed by atoms with E-state index in [1.807, 2.05) is 19.9 Å². The summed E-state index contributed by atoms with van der Waals surface area (Å²) in [5, 5.41) is 5.32. The highest BCUT2D eigenvalue weighted by molar-refractivity contribution is 6.01. The second kappa shape index (κ2) is 7.16. The molecule has 0 aliphatic carbocycles. The van der Waals surface area contributed by atoms with E-state index < -0.39 is 0 Å². The van der Waals surface area contributed by atoms with Crippen LogP contribution in [0.2, 0.25) is 0 Å². The molecule has 0 spiro atoms. The Bertz CT molecular complexity index is 531. The molecule has 100 valence electrons.